The quantitative estimate of drug-likeness (QED) is 0.156. The fourth-order valence-corrected chi connectivity index (χ4v) is 7.06. The van der Waals surface area contributed by atoms with E-state index in [0.717, 1.165) is 61.2 Å². The number of halogens is 1. The number of nitrogens with zero attached hydrogens (tertiary/aromatic N) is 9. The van der Waals surface area contributed by atoms with Crippen molar-refractivity contribution < 1.29 is 14.2 Å². The third kappa shape index (κ3) is 8.40. The van der Waals surface area contributed by atoms with E-state index in [9.17, 15) is 0 Å². The zero-order valence-electron chi connectivity index (χ0n) is 28.6. The molecule has 1 saturated carbocycles. The van der Waals surface area contributed by atoms with E-state index in [1.54, 1.807) is 23.4 Å². The summed E-state index contributed by atoms with van der Waals surface area (Å²) >= 11 is 6.48. The van der Waals surface area contributed by atoms with E-state index < -0.39 is 0 Å². The lowest BCUT2D eigenvalue weighted by molar-refractivity contribution is -0.0852. The molecule has 50 heavy (non-hydrogen) atoms. The van der Waals surface area contributed by atoms with Crippen LogP contribution < -0.4 is 14.8 Å². The molecule has 0 unspecified atom stereocenters. The standard InChI is InChI=1S/C36H43ClN10O3/c1-24-18-45(19-25(2)49-24)30-10-12-31(13-11-30)47-21-33(35(42-47)48-22-27-7-5-4-6-8-27)41-36-38-16-29(17-39-36)28-9-14-32(37)34(15-28)50-26(3)20-46-23-40-43-44-46/h4-9,14-17,21,23-26,30-31H,10-13,18-20,22H2,1-3H3,(H,38,39,41)/t24-,25+,26-,30-,31-/m0/s1. The van der Waals surface area contributed by atoms with E-state index in [2.05, 4.69) is 54.2 Å². The summed E-state index contributed by atoms with van der Waals surface area (Å²) in [5, 5.41) is 20.1. The molecule has 262 valence electrons. The van der Waals surface area contributed by atoms with E-state index in [1.807, 2.05) is 61.7 Å². The van der Waals surface area contributed by atoms with Crippen LogP contribution in [0.3, 0.4) is 0 Å². The summed E-state index contributed by atoms with van der Waals surface area (Å²) in [6.45, 7) is 9.18. The maximum absolute atomic E-state index is 6.48. The highest BCUT2D eigenvalue weighted by Crippen LogP contribution is 2.36. The van der Waals surface area contributed by atoms with Gasteiger partial charge in [-0.1, -0.05) is 48.0 Å². The van der Waals surface area contributed by atoms with Gasteiger partial charge in [0.2, 0.25) is 5.95 Å². The molecule has 1 N–H and O–H groups in total. The van der Waals surface area contributed by atoms with Gasteiger partial charge in [-0.05, 0) is 80.1 Å². The number of rotatable bonds is 12. The van der Waals surface area contributed by atoms with Gasteiger partial charge in [-0.2, -0.15) is 0 Å². The summed E-state index contributed by atoms with van der Waals surface area (Å²) in [6, 6.07) is 16.6. The van der Waals surface area contributed by atoms with Crippen LogP contribution in [0.5, 0.6) is 11.6 Å². The van der Waals surface area contributed by atoms with Crippen LogP contribution in [0.1, 0.15) is 58.1 Å². The summed E-state index contributed by atoms with van der Waals surface area (Å²) in [6.07, 6.45) is 11.8. The van der Waals surface area contributed by atoms with Gasteiger partial charge < -0.3 is 19.5 Å². The summed E-state index contributed by atoms with van der Waals surface area (Å²) in [5.74, 6) is 1.52. The normalized spacial score (nSPS) is 21.8. The molecule has 2 aliphatic rings. The maximum atomic E-state index is 6.48. The van der Waals surface area contributed by atoms with Gasteiger partial charge >= 0.3 is 0 Å². The topological polar surface area (TPSA) is 130 Å². The highest BCUT2D eigenvalue weighted by Gasteiger charge is 2.32. The Labute approximate surface area is 296 Å². The SMILES string of the molecule is C[C@@H]1CN([C@H]2CC[C@H](n3cc(Nc4ncc(-c5ccc(Cl)c(O[C@@H](C)Cn6cnnn6)c5)cn4)c(OCc4ccccc4)n3)CC2)C[C@H](C)O1. The van der Waals surface area contributed by atoms with Crippen LogP contribution in [0.25, 0.3) is 11.1 Å². The summed E-state index contributed by atoms with van der Waals surface area (Å²) < 4.78 is 22.1. The van der Waals surface area contributed by atoms with Gasteiger partial charge in [-0.3, -0.25) is 9.58 Å². The molecule has 0 bridgehead atoms. The molecule has 1 aliphatic carbocycles. The number of nitrogens with one attached hydrogen (secondary N) is 1. The molecule has 0 radical (unpaired) electrons. The van der Waals surface area contributed by atoms with Gasteiger partial charge in [0.25, 0.3) is 5.88 Å². The molecule has 14 heteroatoms. The molecule has 7 rings (SSSR count). The minimum atomic E-state index is -0.208. The van der Waals surface area contributed by atoms with Crippen molar-refractivity contribution in [1.82, 2.24) is 44.9 Å². The van der Waals surface area contributed by atoms with E-state index >= 15 is 0 Å². The second-order valence-corrected chi connectivity index (χ2v) is 13.7. The number of morpholine rings is 1. The van der Waals surface area contributed by atoms with Crippen LogP contribution in [0.15, 0.2) is 73.4 Å². The van der Waals surface area contributed by atoms with E-state index in [4.69, 9.17) is 30.9 Å². The first-order valence-corrected chi connectivity index (χ1v) is 17.7. The molecule has 1 saturated heterocycles. The van der Waals surface area contributed by atoms with Crippen LogP contribution in [-0.4, -0.2) is 82.3 Å². The highest BCUT2D eigenvalue weighted by molar-refractivity contribution is 6.32. The lowest BCUT2D eigenvalue weighted by Crippen LogP contribution is -2.51. The third-order valence-corrected chi connectivity index (χ3v) is 9.56. The Kier molecular flexibility index (Phi) is 10.5. The van der Waals surface area contributed by atoms with Crippen LogP contribution in [0.4, 0.5) is 11.6 Å². The molecule has 4 heterocycles. The average molecular weight is 699 g/mol. The van der Waals surface area contributed by atoms with E-state index in [-0.39, 0.29) is 24.4 Å². The smallest absolute Gasteiger partial charge is 0.257 e. The van der Waals surface area contributed by atoms with Gasteiger partial charge in [-0.25, -0.2) is 14.6 Å². The molecular formula is C36H43ClN10O3. The molecule has 3 aromatic heterocycles. The second-order valence-electron chi connectivity index (χ2n) is 13.3. The Hall–Kier alpha value is -4.59. The monoisotopic (exact) mass is 698 g/mol. The Balaban J connectivity index is 1.04. The van der Waals surface area contributed by atoms with Gasteiger partial charge in [0.05, 0.1) is 36.0 Å². The minimum Gasteiger partial charge on any atom is -0.487 e. The Morgan fingerprint density at radius 3 is 2.42 bits per heavy atom. The number of anilines is 2. The summed E-state index contributed by atoms with van der Waals surface area (Å²) in [7, 11) is 0. The molecule has 0 spiro atoms. The van der Waals surface area contributed by atoms with Gasteiger partial charge in [0.15, 0.2) is 0 Å². The van der Waals surface area contributed by atoms with Gasteiger partial charge in [0.1, 0.15) is 30.5 Å². The van der Waals surface area contributed by atoms with E-state index in [0.29, 0.717) is 41.8 Å². The number of ether oxygens (including phenoxy) is 3. The van der Waals surface area contributed by atoms with Crippen molar-refractivity contribution in [2.75, 3.05) is 18.4 Å². The van der Waals surface area contributed by atoms with E-state index in [1.165, 1.54) is 0 Å². The number of hydrogen-bond donors (Lipinski definition) is 1. The predicted molar refractivity (Wildman–Crippen MR) is 190 cm³/mol. The zero-order valence-corrected chi connectivity index (χ0v) is 29.4. The fraction of sp³-hybridized carbons (Fsp3) is 0.444. The number of benzene rings is 2. The Morgan fingerprint density at radius 2 is 1.70 bits per heavy atom. The van der Waals surface area contributed by atoms with Crippen molar-refractivity contribution in [3.05, 3.63) is 84.0 Å². The average Bonchev–Trinajstić information content (AvgIpc) is 3.79. The van der Waals surface area contributed by atoms with Gasteiger partial charge in [0, 0.05) is 37.1 Å². The van der Waals surface area contributed by atoms with Crippen LogP contribution in [0.2, 0.25) is 5.02 Å². The van der Waals surface area contributed by atoms with Crippen molar-refractivity contribution >= 4 is 23.2 Å². The highest BCUT2D eigenvalue weighted by atomic mass is 35.5. The lowest BCUT2D eigenvalue weighted by atomic mass is 9.89. The molecule has 5 aromatic rings. The van der Waals surface area contributed by atoms with Crippen molar-refractivity contribution in [3.8, 4) is 22.8 Å². The van der Waals surface area contributed by atoms with Gasteiger partial charge in [-0.15, -0.1) is 10.2 Å². The predicted octanol–water partition coefficient (Wildman–Crippen LogP) is 6.36. The molecular weight excluding hydrogens is 656 g/mol. The summed E-state index contributed by atoms with van der Waals surface area (Å²) in [5.41, 5.74) is 3.49. The van der Waals surface area contributed by atoms with Crippen molar-refractivity contribution in [2.45, 2.75) is 90.0 Å². The fourth-order valence-electron chi connectivity index (χ4n) is 6.90. The van der Waals surface area contributed by atoms with Crippen molar-refractivity contribution in [2.24, 2.45) is 0 Å². The van der Waals surface area contributed by atoms with Crippen molar-refractivity contribution in [1.29, 1.82) is 0 Å². The first-order chi connectivity index (χ1) is 24.4. The molecule has 2 aromatic carbocycles. The Morgan fingerprint density at radius 1 is 0.960 bits per heavy atom. The lowest BCUT2D eigenvalue weighted by Gasteiger charge is -2.42. The second kappa shape index (κ2) is 15.5. The first-order valence-electron chi connectivity index (χ1n) is 17.3. The third-order valence-electron chi connectivity index (χ3n) is 9.25. The first kappa shape index (κ1) is 33.9. The maximum Gasteiger partial charge on any atom is 0.257 e. The molecule has 2 fully saturated rings. The zero-order chi connectivity index (χ0) is 34.5. The summed E-state index contributed by atoms with van der Waals surface area (Å²) in [4.78, 5) is 11.9. The Bertz CT molecular complexity index is 1800. The molecule has 1 aliphatic heterocycles. The molecule has 0 amide bonds. The van der Waals surface area contributed by atoms with Crippen molar-refractivity contribution in [3.63, 3.8) is 0 Å². The number of hydrogen-bond acceptors (Lipinski definition) is 11. The van der Waals surface area contributed by atoms with Crippen LogP contribution >= 0.6 is 11.6 Å². The molecule has 13 nitrogen and oxygen atoms in total. The number of aromatic nitrogens is 8. The molecule has 3 atom stereocenters. The van der Waals surface area contributed by atoms with Crippen LogP contribution in [0, 0.1) is 0 Å². The largest absolute Gasteiger partial charge is 0.487 e. The minimum absolute atomic E-state index is 0.208. The van der Waals surface area contributed by atoms with Crippen LogP contribution in [-0.2, 0) is 17.9 Å². The number of tetrazole rings is 1.